The second-order valence-electron chi connectivity index (χ2n) is 8.95. The number of unbranched alkanes of at least 4 members (excludes halogenated alkanes) is 12. The van der Waals surface area contributed by atoms with Crippen LogP contribution < -0.4 is 0 Å². The van der Waals surface area contributed by atoms with Crippen molar-refractivity contribution in [2.45, 2.75) is 129 Å². The number of carbonyl (C=O) groups excluding carboxylic acids is 1. The summed E-state index contributed by atoms with van der Waals surface area (Å²) < 4.78 is 6.07. The molecule has 0 aliphatic heterocycles. The summed E-state index contributed by atoms with van der Waals surface area (Å²) in [6.45, 7) is 6.67. The quantitative estimate of drug-likeness (QED) is 0.181. The van der Waals surface area contributed by atoms with E-state index in [0.29, 0.717) is 5.56 Å². The van der Waals surface area contributed by atoms with E-state index >= 15 is 0 Å². The predicted molar refractivity (Wildman–Crippen MR) is 125 cm³/mol. The Labute approximate surface area is 180 Å². The zero-order valence-electron chi connectivity index (χ0n) is 19.5. The van der Waals surface area contributed by atoms with Gasteiger partial charge in [0.15, 0.2) is 0 Å². The third kappa shape index (κ3) is 12.8. The second kappa shape index (κ2) is 16.5. The summed E-state index contributed by atoms with van der Waals surface area (Å²) in [5, 5.41) is 0. The average molecular weight is 403 g/mol. The minimum Gasteiger partial charge on any atom is -0.456 e. The Kier molecular flexibility index (Phi) is 14.6. The highest BCUT2D eigenvalue weighted by Crippen LogP contribution is 2.28. The molecule has 0 N–H and O–H groups in total. The summed E-state index contributed by atoms with van der Waals surface area (Å²) in [4.78, 5) is 12.6. The molecule has 0 heterocycles. The van der Waals surface area contributed by atoms with Crippen LogP contribution in [0.3, 0.4) is 0 Å². The first-order valence-electron chi connectivity index (χ1n) is 12.4. The Bertz CT molecular complexity index is 511. The van der Waals surface area contributed by atoms with E-state index in [1.54, 1.807) is 0 Å². The van der Waals surface area contributed by atoms with Crippen LogP contribution in [0, 0.1) is 0 Å². The van der Waals surface area contributed by atoms with Gasteiger partial charge in [-0.25, -0.2) is 4.79 Å². The third-order valence-electron chi connectivity index (χ3n) is 5.97. The van der Waals surface area contributed by atoms with E-state index in [-0.39, 0.29) is 11.6 Å². The van der Waals surface area contributed by atoms with Gasteiger partial charge in [0.1, 0.15) is 5.60 Å². The van der Waals surface area contributed by atoms with Crippen LogP contribution in [0.15, 0.2) is 30.3 Å². The minimum atomic E-state index is -0.333. The zero-order valence-corrected chi connectivity index (χ0v) is 19.5. The number of esters is 1. The normalized spacial score (nSPS) is 13.2. The van der Waals surface area contributed by atoms with Crippen molar-refractivity contribution in [1.29, 1.82) is 0 Å². The summed E-state index contributed by atoms with van der Waals surface area (Å²) >= 11 is 0. The molecule has 2 nitrogen and oxygen atoms in total. The van der Waals surface area contributed by atoms with Crippen molar-refractivity contribution in [3.63, 3.8) is 0 Å². The van der Waals surface area contributed by atoms with Gasteiger partial charge in [0.25, 0.3) is 0 Å². The molecular weight excluding hydrogens is 356 g/mol. The molecule has 1 aromatic carbocycles. The minimum absolute atomic E-state index is 0.168. The van der Waals surface area contributed by atoms with Crippen LogP contribution in [-0.2, 0) is 4.74 Å². The van der Waals surface area contributed by atoms with Gasteiger partial charge in [0.2, 0.25) is 0 Å². The average Bonchev–Trinajstić information content (AvgIpc) is 2.73. The van der Waals surface area contributed by atoms with Crippen LogP contribution in [0.25, 0.3) is 0 Å². The Morgan fingerprint density at radius 1 is 0.690 bits per heavy atom. The highest BCUT2D eigenvalue weighted by molar-refractivity contribution is 5.89. The van der Waals surface area contributed by atoms with Gasteiger partial charge in [-0.1, -0.05) is 109 Å². The Hall–Kier alpha value is -1.31. The van der Waals surface area contributed by atoms with E-state index < -0.39 is 0 Å². The van der Waals surface area contributed by atoms with Crippen LogP contribution in [-0.4, -0.2) is 11.6 Å². The van der Waals surface area contributed by atoms with Crippen molar-refractivity contribution in [2.24, 2.45) is 0 Å². The topological polar surface area (TPSA) is 26.3 Å². The molecule has 1 atom stereocenters. The SMILES string of the molecule is CCCCCCCCCCC(C)(CCCCCCCC)OC(=O)c1ccccc1. The number of hydrogen-bond donors (Lipinski definition) is 0. The molecular formula is C27H46O2. The van der Waals surface area contributed by atoms with Crippen molar-refractivity contribution in [2.75, 3.05) is 0 Å². The molecule has 0 radical (unpaired) electrons. The molecule has 166 valence electrons. The van der Waals surface area contributed by atoms with E-state index in [1.807, 2.05) is 30.3 Å². The fourth-order valence-corrected chi connectivity index (χ4v) is 4.00. The molecule has 0 bridgehead atoms. The highest BCUT2D eigenvalue weighted by atomic mass is 16.6. The summed E-state index contributed by atoms with van der Waals surface area (Å²) in [6, 6.07) is 9.45. The largest absolute Gasteiger partial charge is 0.456 e. The Morgan fingerprint density at radius 3 is 1.55 bits per heavy atom. The summed E-state index contributed by atoms with van der Waals surface area (Å²) in [5.74, 6) is -0.168. The van der Waals surface area contributed by atoms with Crippen molar-refractivity contribution >= 4 is 5.97 Å². The number of ether oxygens (including phenoxy) is 1. The van der Waals surface area contributed by atoms with Gasteiger partial charge in [-0.15, -0.1) is 0 Å². The maximum Gasteiger partial charge on any atom is 0.338 e. The number of benzene rings is 1. The number of carbonyl (C=O) groups is 1. The van der Waals surface area contributed by atoms with E-state index in [9.17, 15) is 4.79 Å². The molecule has 0 aromatic heterocycles. The molecule has 1 rings (SSSR count). The van der Waals surface area contributed by atoms with E-state index in [1.165, 1.54) is 77.0 Å². The number of hydrogen-bond acceptors (Lipinski definition) is 2. The molecule has 0 aliphatic carbocycles. The van der Waals surface area contributed by atoms with Gasteiger partial charge in [0, 0.05) is 0 Å². The van der Waals surface area contributed by atoms with Crippen molar-refractivity contribution < 1.29 is 9.53 Å². The molecule has 0 aliphatic rings. The number of rotatable bonds is 18. The predicted octanol–water partition coefficient (Wildman–Crippen LogP) is 8.88. The van der Waals surface area contributed by atoms with E-state index in [2.05, 4.69) is 20.8 Å². The molecule has 29 heavy (non-hydrogen) atoms. The Morgan fingerprint density at radius 2 is 1.10 bits per heavy atom. The summed E-state index contributed by atoms with van der Waals surface area (Å²) in [7, 11) is 0. The maximum atomic E-state index is 12.6. The van der Waals surface area contributed by atoms with Crippen LogP contribution in [0.2, 0.25) is 0 Å². The molecule has 0 amide bonds. The monoisotopic (exact) mass is 402 g/mol. The molecule has 1 unspecified atom stereocenters. The lowest BCUT2D eigenvalue weighted by molar-refractivity contribution is -0.0199. The molecule has 0 spiro atoms. The van der Waals surface area contributed by atoms with Crippen LogP contribution in [0.5, 0.6) is 0 Å². The zero-order chi connectivity index (χ0) is 21.2. The smallest absolute Gasteiger partial charge is 0.338 e. The van der Waals surface area contributed by atoms with E-state index in [0.717, 1.165) is 25.7 Å². The van der Waals surface area contributed by atoms with Crippen LogP contribution in [0.4, 0.5) is 0 Å². The molecule has 0 fully saturated rings. The van der Waals surface area contributed by atoms with Crippen molar-refractivity contribution in [1.82, 2.24) is 0 Å². The van der Waals surface area contributed by atoms with Gasteiger partial charge < -0.3 is 4.74 Å². The lowest BCUT2D eigenvalue weighted by atomic mass is 9.91. The molecule has 2 heteroatoms. The fraction of sp³-hybridized carbons (Fsp3) is 0.741. The highest BCUT2D eigenvalue weighted by Gasteiger charge is 2.28. The van der Waals surface area contributed by atoms with Crippen molar-refractivity contribution in [3.05, 3.63) is 35.9 Å². The van der Waals surface area contributed by atoms with Gasteiger partial charge in [-0.3, -0.25) is 0 Å². The van der Waals surface area contributed by atoms with Gasteiger partial charge in [-0.2, -0.15) is 0 Å². The van der Waals surface area contributed by atoms with Gasteiger partial charge in [-0.05, 0) is 44.7 Å². The molecule has 0 saturated heterocycles. The van der Waals surface area contributed by atoms with Crippen molar-refractivity contribution in [3.8, 4) is 0 Å². The molecule has 1 aromatic rings. The standard InChI is InChI=1S/C27H46O2/c1-4-6-8-10-12-13-15-20-24-27(3,23-19-14-11-9-7-5-2)29-26(28)25-21-17-16-18-22-25/h16-18,21-22H,4-15,19-20,23-24H2,1-3H3. The lowest BCUT2D eigenvalue weighted by Crippen LogP contribution is -2.32. The summed E-state index contributed by atoms with van der Waals surface area (Å²) in [5.41, 5.74) is 0.331. The lowest BCUT2D eigenvalue weighted by Gasteiger charge is -2.30. The first-order chi connectivity index (χ1) is 14.1. The fourth-order valence-electron chi connectivity index (χ4n) is 4.00. The van der Waals surface area contributed by atoms with Crippen LogP contribution in [0.1, 0.15) is 134 Å². The van der Waals surface area contributed by atoms with Gasteiger partial charge >= 0.3 is 5.97 Å². The first-order valence-corrected chi connectivity index (χ1v) is 12.4. The van der Waals surface area contributed by atoms with Gasteiger partial charge in [0.05, 0.1) is 5.56 Å². The molecule has 0 saturated carbocycles. The third-order valence-corrected chi connectivity index (χ3v) is 5.97. The second-order valence-corrected chi connectivity index (χ2v) is 8.95. The Balaban J connectivity index is 2.43. The van der Waals surface area contributed by atoms with E-state index in [4.69, 9.17) is 4.74 Å². The first kappa shape index (κ1) is 25.7. The van der Waals surface area contributed by atoms with Crippen LogP contribution >= 0.6 is 0 Å². The summed E-state index contributed by atoms with van der Waals surface area (Å²) in [6.07, 6.45) is 20.1. The maximum absolute atomic E-state index is 12.6.